The van der Waals surface area contributed by atoms with Crippen molar-refractivity contribution < 1.29 is 14.3 Å². The molecule has 0 aliphatic heterocycles. The Hall–Kier alpha value is -4.07. The van der Waals surface area contributed by atoms with Gasteiger partial charge in [-0.2, -0.15) is 5.26 Å². The van der Waals surface area contributed by atoms with Crippen molar-refractivity contribution in [1.82, 2.24) is 15.0 Å². The molecule has 3 rings (SSSR count). The van der Waals surface area contributed by atoms with Gasteiger partial charge in [0.05, 0.1) is 23.4 Å². The Morgan fingerprint density at radius 3 is 2.50 bits per heavy atom. The van der Waals surface area contributed by atoms with Gasteiger partial charge in [-0.15, -0.1) is 0 Å². The van der Waals surface area contributed by atoms with Crippen LogP contribution >= 0.6 is 11.6 Å². The molecule has 0 atom stereocenters. The number of nitrogens with zero attached hydrogens (tertiary/aromatic N) is 4. The first-order chi connectivity index (χ1) is 17.1. The molecule has 0 saturated carbocycles. The fraction of sp³-hybridized carbons (Fsp3) is 0.280. The number of methoxy groups -OCH3 is 2. The standard InChI is InChI=1S/C25H28ClN7O3/c1-15-19(28-18-9-7-8-17(26)23(18)35-5)12-22(31-24(15)32-33(4)14-34)30-21-11-10-16(20(13-27)29-21)25(2,3)36-6/h7-12,14H,1-6H3,(H3,28,29,30,31,32). The van der Waals surface area contributed by atoms with Crippen molar-refractivity contribution in [1.29, 1.82) is 5.26 Å². The molecule has 1 amide bonds. The second kappa shape index (κ2) is 11.1. The van der Waals surface area contributed by atoms with Crippen LogP contribution in [-0.2, 0) is 15.1 Å². The Morgan fingerprint density at radius 1 is 1.11 bits per heavy atom. The summed E-state index contributed by atoms with van der Waals surface area (Å²) in [4.78, 5) is 20.3. The molecule has 0 bridgehead atoms. The van der Waals surface area contributed by atoms with Crippen molar-refractivity contribution in [3.63, 3.8) is 0 Å². The number of pyridine rings is 2. The number of benzene rings is 1. The van der Waals surface area contributed by atoms with E-state index in [9.17, 15) is 10.1 Å². The molecule has 0 saturated heterocycles. The number of ether oxygens (including phenoxy) is 2. The molecular formula is C25H28ClN7O3. The Bertz CT molecular complexity index is 1310. The maximum atomic E-state index is 11.2. The number of amides is 1. The second-order valence-electron chi connectivity index (χ2n) is 8.35. The predicted molar refractivity (Wildman–Crippen MR) is 140 cm³/mol. The molecule has 0 radical (unpaired) electrons. The zero-order chi connectivity index (χ0) is 26.5. The molecule has 11 heteroatoms. The van der Waals surface area contributed by atoms with Gasteiger partial charge in [0, 0.05) is 37.0 Å². The van der Waals surface area contributed by atoms with Gasteiger partial charge in [0.15, 0.2) is 11.6 Å². The predicted octanol–water partition coefficient (Wildman–Crippen LogP) is 5.10. The van der Waals surface area contributed by atoms with Crippen molar-refractivity contribution in [2.24, 2.45) is 0 Å². The van der Waals surface area contributed by atoms with Crippen molar-refractivity contribution in [2.75, 3.05) is 37.3 Å². The van der Waals surface area contributed by atoms with E-state index >= 15 is 0 Å². The third kappa shape index (κ3) is 5.76. The number of aromatic nitrogens is 2. The second-order valence-corrected chi connectivity index (χ2v) is 8.75. The summed E-state index contributed by atoms with van der Waals surface area (Å²) in [6.45, 7) is 5.58. The number of carbonyl (C=O) groups is 1. The molecule has 188 valence electrons. The lowest BCUT2D eigenvalue weighted by Gasteiger charge is -2.24. The maximum absolute atomic E-state index is 11.2. The minimum absolute atomic E-state index is 0.236. The van der Waals surface area contributed by atoms with E-state index in [1.54, 1.807) is 44.5 Å². The summed E-state index contributed by atoms with van der Waals surface area (Å²) in [7, 11) is 4.69. The lowest BCUT2D eigenvalue weighted by Crippen LogP contribution is -2.25. The molecule has 0 aliphatic rings. The van der Waals surface area contributed by atoms with E-state index < -0.39 is 5.60 Å². The average Bonchev–Trinajstić information content (AvgIpc) is 2.86. The summed E-state index contributed by atoms with van der Waals surface area (Å²) in [5, 5.41) is 17.8. The molecular weight excluding hydrogens is 482 g/mol. The Balaban J connectivity index is 2.05. The fourth-order valence-corrected chi connectivity index (χ4v) is 3.66. The zero-order valence-electron chi connectivity index (χ0n) is 20.9. The van der Waals surface area contributed by atoms with Gasteiger partial charge in [-0.1, -0.05) is 17.7 Å². The SMILES string of the molecule is COc1c(Cl)cccc1Nc1cc(Nc2ccc(C(C)(C)OC)c(C#N)n2)nc(NN(C)C=O)c1C. The van der Waals surface area contributed by atoms with Crippen LogP contribution in [-0.4, -0.2) is 42.7 Å². The number of nitriles is 1. The summed E-state index contributed by atoms with van der Waals surface area (Å²) in [5.74, 6) is 1.75. The third-order valence-electron chi connectivity index (χ3n) is 5.57. The Kier molecular flexibility index (Phi) is 8.19. The highest BCUT2D eigenvalue weighted by Crippen LogP contribution is 2.37. The van der Waals surface area contributed by atoms with E-state index in [2.05, 4.69) is 32.1 Å². The average molecular weight is 510 g/mol. The van der Waals surface area contributed by atoms with Crippen LogP contribution in [0.3, 0.4) is 0 Å². The number of hydrogen-bond acceptors (Lipinski definition) is 9. The van der Waals surface area contributed by atoms with Crippen LogP contribution in [0.5, 0.6) is 5.75 Å². The van der Waals surface area contributed by atoms with E-state index in [1.165, 1.54) is 12.1 Å². The molecule has 3 N–H and O–H groups in total. The van der Waals surface area contributed by atoms with Gasteiger partial charge < -0.3 is 20.1 Å². The molecule has 0 unspecified atom stereocenters. The minimum atomic E-state index is -0.678. The van der Waals surface area contributed by atoms with Crippen LogP contribution in [0.25, 0.3) is 0 Å². The van der Waals surface area contributed by atoms with Gasteiger partial charge in [-0.3, -0.25) is 15.2 Å². The molecule has 0 fully saturated rings. The van der Waals surface area contributed by atoms with Crippen LogP contribution in [0.4, 0.5) is 28.8 Å². The van der Waals surface area contributed by atoms with Gasteiger partial charge in [0.2, 0.25) is 6.41 Å². The summed E-state index contributed by atoms with van der Waals surface area (Å²) < 4.78 is 11.0. The number of nitrogens with one attached hydrogen (secondary N) is 3. The molecule has 2 heterocycles. The number of hydrogen-bond donors (Lipinski definition) is 3. The largest absolute Gasteiger partial charge is 0.493 e. The number of halogens is 1. The lowest BCUT2D eigenvalue weighted by molar-refractivity contribution is -0.115. The summed E-state index contributed by atoms with van der Waals surface area (Å²) in [6.07, 6.45) is 0.630. The monoisotopic (exact) mass is 509 g/mol. The molecule has 1 aromatic carbocycles. The van der Waals surface area contributed by atoms with E-state index in [0.29, 0.717) is 51.6 Å². The fourth-order valence-electron chi connectivity index (χ4n) is 3.41. The number of para-hydroxylation sites is 1. The summed E-state index contributed by atoms with van der Waals surface area (Å²) in [5.41, 5.74) is 5.22. The van der Waals surface area contributed by atoms with Crippen LogP contribution < -0.4 is 20.8 Å². The molecule has 0 spiro atoms. The van der Waals surface area contributed by atoms with Gasteiger partial charge >= 0.3 is 0 Å². The van der Waals surface area contributed by atoms with Gasteiger partial charge in [-0.25, -0.2) is 9.97 Å². The Morgan fingerprint density at radius 2 is 1.86 bits per heavy atom. The van der Waals surface area contributed by atoms with Crippen LogP contribution in [0, 0.1) is 18.3 Å². The highest BCUT2D eigenvalue weighted by atomic mass is 35.5. The van der Waals surface area contributed by atoms with Crippen molar-refractivity contribution in [2.45, 2.75) is 26.4 Å². The quantitative estimate of drug-likeness (QED) is 0.253. The first kappa shape index (κ1) is 26.5. The zero-order valence-corrected chi connectivity index (χ0v) is 21.7. The Labute approximate surface area is 215 Å². The molecule has 3 aromatic rings. The van der Waals surface area contributed by atoms with Gasteiger partial charge in [0.1, 0.15) is 23.4 Å². The summed E-state index contributed by atoms with van der Waals surface area (Å²) >= 11 is 6.29. The third-order valence-corrected chi connectivity index (χ3v) is 5.87. The van der Waals surface area contributed by atoms with E-state index in [1.807, 2.05) is 26.8 Å². The number of anilines is 5. The first-order valence-corrected chi connectivity index (χ1v) is 11.3. The van der Waals surface area contributed by atoms with Crippen LogP contribution in [0.15, 0.2) is 36.4 Å². The minimum Gasteiger partial charge on any atom is -0.493 e. The number of rotatable bonds is 10. The van der Waals surface area contributed by atoms with E-state index in [-0.39, 0.29) is 5.69 Å². The van der Waals surface area contributed by atoms with Crippen LogP contribution in [0.1, 0.15) is 30.7 Å². The number of carbonyl (C=O) groups excluding carboxylic acids is 1. The molecule has 36 heavy (non-hydrogen) atoms. The molecule has 10 nitrogen and oxygen atoms in total. The highest BCUT2D eigenvalue weighted by molar-refractivity contribution is 6.32. The van der Waals surface area contributed by atoms with Gasteiger partial charge in [-0.05, 0) is 45.0 Å². The summed E-state index contributed by atoms with van der Waals surface area (Å²) in [6, 6.07) is 12.8. The maximum Gasteiger partial charge on any atom is 0.227 e. The van der Waals surface area contributed by atoms with Crippen molar-refractivity contribution in [3.05, 3.63) is 58.2 Å². The van der Waals surface area contributed by atoms with Gasteiger partial charge in [0.25, 0.3) is 0 Å². The van der Waals surface area contributed by atoms with Crippen molar-refractivity contribution in [3.8, 4) is 11.8 Å². The van der Waals surface area contributed by atoms with E-state index in [0.717, 1.165) is 5.56 Å². The normalized spacial score (nSPS) is 10.8. The van der Waals surface area contributed by atoms with Crippen molar-refractivity contribution >= 4 is 46.8 Å². The highest BCUT2D eigenvalue weighted by Gasteiger charge is 2.24. The topological polar surface area (TPSA) is 124 Å². The number of hydrazine groups is 1. The van der Waals surface area contributed by atoms with E-state index in [4.69, 9.17) is 21.1 Å². The molecule has 2 aromatic heterocycles. The molecule has 0 aliphatic carbocycles. The lowest BCUT2D eigenvalue weighted by atomic mass is 9.96. The van der Waals surface area contributed by atoms with Crippen LogP contribution in [0.2, 0.25) is 5.02 Å². The smallest absolute Gasteiger partial charge is 0.227 e. The first-order valence-electron chi connectivity index (χ1n) is 10.9.